The molecule has 0 radical (unpaired) electrons. The van der Waals surface area contributed by atoms with Crippen molar-refractivity contribution in [2.45, 2.75) is 25.9 Å². The maximum Gasteiger partial charge on any atom is 0.120 e. The number of benzene rings is 1. The number of ether oxygens (including phenoxy) is 1. The van der Waals surface area contributed by atoms with Crippen LogP contribution >= 0.6 is 11.3 Å². The highest BCUT2D eigenvalue weighted by atomic mass is 32.1. The Kier molecular flexibility index (Phi) is 3.92. The molecule has 0 amide bonds. The summed E-state index contributed by atoms with van der Waals surface area (Å²) < 4.78 is 6.46. The van der Waals surface area contributed by atoms with Crippen molar-refractivity contribution in [3.8, 4) is 5.75 Å². The molecule has 1 aliphatic heterocycles. The first-order valence-electron chi connectivity index (χ1n) is 7.07. The number of hydrogen-bond acceptors (Lipinski definition) is 5. The van der Waals surface area contributed by atoms with Crippen LogP contribution in [0, 0.1) is 5.92 Å². The summed E-state index contributed by atoms with van der Waals surface area (Å²) in [7, 11) is 1.70. The molecule has 4 nitrogen and oxygen atoms in total. The fourth-order valence-corrected chi connectivity index (χ4v) is 3.81. The SMILES string of the molecule is COc1ccc2nc(CN3CCC(C(C)N)C3)sc2c1. The first-order chi connectivity index (χ1) is 9.65. The summed E-state index contributed by atoms with van der Waals surface area (Å²) >= 11 is 1.76. The van der Waals surface area contributed by atoms with Crippen LogP contribution in [0.3, 0.4) is 0 Å². The van der Waals surface area contributed by atoms with Crippen molar-refractivity contribution < 1.29 is 4.74 Å². The molecule has 2 unspecified atom stereocenters. The van der Waals surface area contributed by atoms with Crippen molar-refractivity contribution in [2.24, 2.45) is 11.7 Å². The minimum atomic E-state index is 0.291. The number of aromatic nitrogens is 1. The van der Waals surface area contributed by atoms with E-state index < -0.39 is 0 Å². The summed E-state index contributed by atoms with van der Waals surface area (Å²) in [5, 5.41) is 1.18. The van der Waals surface area contributed by atoms with Gasteiger partial charge in [0.25, 0.3) is 0 Å². The molecule has 0 spiro atoms. The van der Waals surface area contributed by atoms with Crippen LogP contribution in [-0.2, 0) is 6.54 Å². The second-order valence-corrected chi connectivity index (χ2v) is 6.70. The van der Waals surface area contributed by atoms with Crippen LogP contribution in [0.5, 0.6) is 5.75 Å². The predicted octanol–water partition coefficient (Wildman–Crippen LogP) is 2.47. The van der Waals surface area contributed by atoms with Gasteiger partial charge in [-0.15, -0.1) is 11.3 Å². The molecule has 0 saturated carbocycles. The van der Waals surface area contributed by atoms with Gasteiger partial charge in [-0.1, -0.05) is 0 Å². The van der Waals surface area contributed by atoms with Crippen LogP contribution in [0.25, 0.3) is 10.2 Å². The summed E-state index contributed by atoms with van der Waals surface area (Å²) in [6.07, 6.45) is 1.20. The van der Waals surface area contributed by atoms with E-state index in [1.54, 1.807) is 18.4 Å². The number of hydrogen-bond donors (Lipinski definition) is 1. The molecule has 2 N–H and O–H groups in total. The van der Waals surface area contributed by atoms with E-state index in [2.05, 4.69) is 17.9 Å². The number of fused-ring (bicyclic) bond motifs is 1. The third-order valence-electron chi connectivity index (χ3n) is 4.05. The number of nitrogens with two attached hydrogens (primary N) is 1. The second kappa shape index (κ2) is 5.68. The Labute approximate surface area is 123 Å². The Balaban J connectivity index is 1.72. The van der Waals surface area contributed by atoms with Crippen molar-refractivity contribution in [3.05, 3.63) is 23.2 Å². The molecule has 3 rings (SSSR count). The molecule has 2 atom stereocenters. The van der Waals surface area contributed by atoms with Crippen LogP contribution in [0.15, 0.2) is 18.2 Å². The average Bonchev–Trinajstić information content (AvgIpc) is 3.04. The first kappa shape index (κ1) is 13.8. The van der Waals surface area contributed by atoms with Gasteiger partial charge in [-0.25, -0.2) is 4.98 Å². The van der Waals surface area contributed by atoms with E-state index in [0.717, 1.165) is 30.9 Å². The van der Waals surface area contributed by atoms with E-state index in [9.17, 15) is 0 Å². The minimum Gasteiger partial charge on any atom is -0.497 e. The van der Waals surface area contributed by atoms with Gasteiger partial charge in [-0.2, -0.15) is 0 Å². The normalized spacial score (nSPS) is 21.4. The molecule has 2 heterocycles. The lowest BCUT2D eigenvalue weighted by molar-refractivity contribution is 0.308. The smallest absolute Gasteiger partial charge is 0.120 e. The molecule has 1 aromatic carbocycles. The van der Waals surface area contributed by atoms with E-state index in [4.69, 9.17) is 15.5 Å². The van der Waals surface area contributed by atoms with Gasteiger partial charge in [0.2, 0.25) is 0 Å². The molecular formula is C15H21N3OS. The monoisotopic (exact) mass is 291 g/mol. The van der Waals surface area contributed by atoms with E-state index in [-0.39, 0.29) is 0 Å². The lowest BCUT2D eigenvalue weighted by Crippen LogP contribution is -2.29. The first-order valence-corrected chi connectivity index (χ1v) is 7.89. The molecule has 0 aliphatic carbocycles. The zero-order valence-corrected chi connectivity index (χ0v) is 12.8. The summed E-state index contributed by atoms with van der Waals surface area (Å²) in [6, 6.07) is 6.35. The highest BCUT2D eigenvalue weighted by Gasteiger charge is 2.25. The van der Waals surface area contributed by atoms with E-state index in [1.165, 1.54) is 16.1 Å². The molecule has 1 aromatic heterocycles. The van der Waals surface area contributed by atoms with Gasteiger partial charge in [0.15, 0.2) is 0 Å². The Morgan fingerprint density at radius 1 is 1.55 bits per heavy atom. The lowest BCUT2D eigenvalue weighted by atomic mass is 10.0. The summed E-state index contributed by atoms with van der Waals surface area (Å²) in [6.45, 7) is 5.27. The largest absolute Gasteiger partial charge is 0.497 e. The van der Waals surface area contributed by atoms with Gasteiger partial charge in [0.05, 0.1) is 23.9 Å². The van der Waals surface area contributed by atoms with E-state index in [1.807, 2.05) is 12.1 Å². The predicted molar refractivity (Wildman–Crippen MR) is 83.2 cm³/mol. The van der Waals surface area contributed by atoms with Crippen molar-refractivity contribution in [1.29, 1.82) is 0 Å². The van der Waals surface area contributed by atoms with Gasteiger partial charge in [0.1, 0.15) is 10.8 Å². The Hall–Kier alpha value is -1.17. The third-order valence-corrected chi connectivity index (χ3v) is 5.05. The minimum absolute atomic E-state index is 0.291. The number of methoxy groups -OCH3 is 1. The van der Waals surface area contributed by atoms with Crippen molar-refractivity contribution in [2.75, 3.05) is 20.2 Å². The standard InChI is InChI=1S/C15H21N3OS/c1-10(16)11-5-6-18(8-11)9-15-17-13-4-3-12(19-2)7-14(13)20-15/h3-4,7,10-11H,5-6,8-9,16H2,1-2H3. The summed E-state index contributed by atoms with van der Waals surface area (Å²) in [4.78, 5) is 7.17. The van der Waals surface area contributed by atoms with Crippen LogP contribution in [0.1, 0.15) is 18.4 Å². The zero-order valence-electron chi connectivity index (χ0n) is 12.0. The number of likely N-dealkylation sites (tertiary alicyclic amines) is 1. The van der Waals surface area contributed by atoms with Crippen molar-refractivity contribution in [3.63, 3.8) is 0 Å². The maximum absolute atomic E-state index is 5.99. The molecule has 1 aliphatic rings. The molecular weight excluding hydrogens is 270 g/mol. The van der Waals surface area contributed by atoms with E-state index in [0.29, 0.717) is 12.0 Å². The fraction of sp³-hybridized carbons (Fsp3) is 0.533. The number of rotatable bonds is 4. The molecule has 1 saturated heterocycles. The van der Waals surface area contributed by atoms with Gasteiger partial charge in [-0.3, -0.25) is 4.90 Å². The lowest BCUT2D eigenvalue weighted by Gasteiger charge is -2.16. The molecule has 20 heavy (non-hydrogen) atoms. The van der Waals surface area contributed by atoms with Crippen LogP contribution in [-0.4, -0.2) is 36.1 Å². The quantitative estimate of drug-likeness (QED) is 0.940. The molecule has 0 bridgehead atoms. The molecule has 108 valence electrons. The van der Waals surface area contributed by atoms with Gasteiger partial charge in [0, 0.05) is 12.6 Å². The van der Waals surface area contributed by atoms with Crippen LogP contribution < -0.4 is 10.5 Å². The van der Waals surface area contributed by atoms with Crippen LogP contribution in [0.2, 0.25) is 0 Å². The Bertz CT molecular complexity index is 596. The number of thiazole rings is 1. The van der Waals surface area contributed by atoms with Crippen LogP contribution in [0.4, 0.5) is 0 Å². The average molecular weight is 291 g/mol. The van der Waals surface area contributed by atoms with Gasteiger partial charge < -0.3 is 10.5 Å². The zero-order chi connectivity index (χ0) is 14.1. The second-order valence-electron chi connectivity index (χ2n) is 5.58. The highest BCUT2D eigenvalue weighted by molar-refractivity contribution is 7.18. The fourth-order valence-electron chi connectivity index (χ4n) is 2.77. The molecule has 1 fully saturated rings. The molecule has 2 aromatic rings. The van der Waals surface area contributed by atoms with Gasteiger partial charge in [-0.05, 0) is 44.0 Å². The summed E-state index contributed by atoms with van der Waals surface area (Å²) in [5.41, 5.74) is 7.06. The van der Waals surface area contributed by atoms with Crippen molar-refractivity contribution >= 4 is 21.6 Å². The van der Waals surface area contributed by atoms with E-state index >= 15 is 0 Å². The summed E-state index contributed by atoms with van der Waals surface area (Å²) in [5.74, 6) is 1.52. The third kappa shape index (κ3) is 2.80. The highest BCUT2D eigenvalue weighted by Crippen LogP contribution is 2.28. The Morgan fingerprint density at radius 2 is 2.40 bits per heavy atom. The number of nitrogens with zero attached hydrogens (tertiary/aromatic N) is 2. The Morgan fingerprint density at radius 3 is 3.10 bits per heavy atom. The molecule has 5 heteroatoms. The maximum atomic E-state index is 5.99. The topological polar surface area (TPSA) is 51.4 Å². The van der Waals surface area contributed by atoms with Gasteiger partial charge >= 0.3 is 0 Å². The van der Waals surface area contributed by atoms with Crippen molar-refractivity contribution in [1.82, 2.24) is 9.88 Å².